The quantitative estimate of drug-likeness (QED) is 0.770. The van der Waals surface area contributed by atoms with Crippen molar-refractivity contribution in [1.29, 1.82) is 0 Å². The van der Waals surface area contributed by atoms with E-state index in [-0.39, 0.29) is 0 Å². The minimum Gasteiger partial charge on any atom is -0.496 e. The summed E-state index contributed by atoms with van der Waals surface area (Å²) in [6.07, 6.45) is 0.0778. The van der Waals surface area contributed by atoms with E-state index in [1.54, 1.807) is 14.2 Å². The number of para-hydroxylation sites is 1. The van der Waals surface area contributed by atoms with Crippen LogP contribution in [0.1, 0.15) is 5.56 Å². The Morgan fingerprint density at radius 1 is 1.29 bits per heavy atom. The maximum atomic E-state index is 9.54. The van der Waals surface area contributed by atoms with Gasteiger partial charge in [-0.2, -0.15) is 0 Å². The Morgan fingerprint density at radius 2 is 2.00 bits per heavy atom. The van der Waals surface area contributed by atoms with E-state index >= 15 is 0 Å². The van der Waals surface area contributed by atoms with Crippen LogP contribution in [0.15, 0.2) is 24.3 Å². The molecule has 0 heterocycles. The minimum atomic E-state index is -0.476. The van der Waals surface area contributed by atoms with Crippen LogP contribution in [-0.4, -0.2) is 32.0 Å². The number of aliphatic hydroxyl groups is 1. The molecular formula is C11H16O3. The Labute approximate surface area is 84.3 Å². The van der Waals surface area contributed by atoms with Gasteiger partial charge in [0.05, 0.1) is 19.8 Å². The third kappa shape index (κ3) is 3.01. The zero-order valence-electron chi connectivity index (χ0n) is 8.56. The molecule has 0 radical (unpaired) electrons. The summed E-state index contributed by atoms with van der Waals surface area (Å²) in [5, 5.41) is 9.54. The number of benzene rings is 1. The molecule has 1 aromatic carbocycles. The summed E-state index contributed by atoms with van der Waals surface area (Å²) in [6, 6.07) is 7.66. The van der Waals surface area contributed by atoms with Crippen LogP contribution in [0.3, 0.4) is 0 Å². The first-order valence-corrected chi connectivity index (χ1v) is 4.56. The second-order valence-corrected chi connectivity index (χ2v) is 3.13. The lowest BCUT2D eigenvalue weighted by Gasteiger charge is -2.12. The van der Waals surface area contributed by atoms with E-state index in [9.17, 15) is 5.11 Å². The monoisotopic (exact) mass is 196 g/mol. The summed E-state index contributed by atoms with van der Waals surface area (Å²) in [6.45, 7) is 0.345. The van der Waals surface area contributed by atoms with Gasteiger partial charge >= 0.3 is 0 Å². The highest BCUT2D eigenvalue weighted by atomic mass is 16.5. The molecule has 1 rings (SSSR count). The van der Waals surface area contributed by atoms with Gasteiger partial charge in [0.2, 0.25) is 0 Å². The van der Waals surface area contributed by atoms with Gasteiger partial charge in [-0.05, 0) is 11.6 Å². The normalized spacial score (nSPS) is 12.5. The van der Waals surface area contributed by atoms with E-state index in [1.165, 1.54) is 0 Å². The number of aliphatic hydroxyl groups excluding tert-OH is 1. The molecule has 3 nitrogen and oxygen atoms in total. The maximum Gasteiger partial charge on any atom is 0.122 e. The summed E-state index contributed by atoms with van der Waals surface area (Å²) < 4.78 is 10.0. The van der Waals surface area contributed by atoms with Gasteiger partial charge in [-0.1, -0.05) is 18.2 Å². The van der Waals surface area contributed by atoms with Crippen molar-refractivity contribution in [2.24, 2.45) is 0 Å². The van der Waals surface area contributed by atoms with Gasteiger partial charge in [0.1, 0.15) is 5.75 Å². The Morgan fingerprint density at radius 3 is 2.64 bits per heavy atom. The van der Waals surface area contributed by atoms with E-state index < -0.39 is 6.10 Å². The highest BCUT2D eigenvalue weighted by Gasteiger charge is 2.08. The van der Waals surface area contributed by atoms with Gasteiger partial charge < -0.3 is 14.6 Å². The van der Waals surface area contributed by atoms with Crippen molar-refractivity contribution in [3.63, 3.8) is 0 Å². The van der Waals surface area contributed by atoms with Crippen molar-refractivity contribution in [2.45, 2.75) is 12.5 Å². The zero-order valence-corrected chi connectivity index (χ0v) is 8.56. The number of ether oxygens (including phenoxy) is 2. The number of hydrogen-bond acceptors (Lipinski definition) is 3. The predicted molar refractivity (Wildman–Crippen MR) is 54.6 cm³/mol. The molecule has 1 aromatic rings. The molecule has 0 aromatic heterocycles. The van der Waals surface area contributed by atoms with Crippen molar-refractivity contribution >= 4 is 0 Å². The molecule has 0 aliphatic heterocycles. The van der Waals surface area contributed by atoms with Crippen molar-refractivity contribution in [3.05, 3.63) is 29.8 Å². The van der Waals surface area contributed by atoms with Crippen LogP contribution in [-0.2, 0) is 11.2 Å². The van der Waals surface area contributed by atoms with Gasteiger partial charge in [0.25, 0.3) is 0 Å². The van der Waals surface area contributed by atoms with E-state index in [2.05, 4.69) is 0 Å². The lowest BCUT2D eigenvalue weighted by molar-refractivity contribution is 0.0646. The molecule has 0 spiro atoms. The van der Waals surface area contributed by atoms with Crippen molar-refractivity contribution in [2.75, 3.05) is 20.8 Å². The van der Waals surface area contributed by atoms with Gasteiger partial charge in [0, 0.05) is 13.5 Å². The zero-order chi connectivity index (χ0) is 10.4. The summed E-state index contributed by atoms with van der Waals surface area (Å²) in [5.41, 5.74) is 1.000. The molecular weight excluding hydrogens is 180 g/mol. The molecule has 0 aliphatic rings. The van der Waals surface area contributed by atoms with E-state index in [4.69, 9.17) is 9.47 Å². The van der Waals surface area contributed by atoms with Crippen molar-refractivity contribution in [1.82, 2.24) is 0 Å². The molecule has 0 saturated heterocycles. The average Bonchev–Trinajstić information content (AvgIpc) is 2.19. The average molecular weight is 196 g/mol. The molecule has 1 N–H and O–H groups in total. The largest absolute Gasteiger partial charge is 0.496 e. The third-order valence-electron chi connectivity index (χ3n) is 2.01. The minimum absolute atomic E-state index is 0.345. The van der Waals surface area contributed by atoms with Crippen LogP contribution in [0.25, 0.3) is 0 Å². The molecule has 0 amide bonds. The first-order chi connectivity index (χ1) is 6.77. The molecule has 0 bridgehead atoms. The van der Waals surface area contributed by atoms with Crippen molar-refractivity contribution < 1.29 is 14.6 Å². The lowest BCUT2D eigenvalue weighted by Crippen LogP contribution is -2.17. The van der Waals surface area contributed by atoms with Crippen LogP contribution < -0.4 is 4.74 Å². The molecule has 1 atom stereocenters. The maximum absolute atomic E-state index is 9.54. The standard InChI is InChI=1S/C11H16O3/c1-13-8-10(12)7-9-5-3-4-6-11(9)14-2/h3-6,10,12H,7-8H2,1-2H3. The Balaban J connectivity index is 2.65. The topological polar surface area (TPSA) is 38.7 Å². The number of hydrogen-bond donors (Lipinski definition) is 1. The van der Waals surface area contributed by atoms with Crippen LogP contribution in [0.4, 0.5) is 0 Å². The molecule has 0 aliphatic carbocycles. The Hall–Kier alpha value is -1.06. The fourth-order valence-electron chi connectivity index (χ4n) is 1.38. The predicted octanol–water partition coefficient (Wildman–Crippen LogP) is 1.25. The Kier molecular flexibility index (Phi) is 4.43. The highest BCUT2D eigenvalue weighted by molar-refractivity contribution is 5.33. The van der Waals surface area contributed by atoms with Crippen LogP contribution in [0.5, 0.6) is 5.75 Å². The second-order valence-electron chi connectivity index (χ2n) is 3.13. The first-order valence-electron chi connectivity index (χ1n) is 4.56. The molecule has 78 valence electrons. The van der Waals surface area contributed by atoms with E-state index in [0.29, 0.717) is 13.0 Å². The lowest BCUT2D eigenvalue weighted by atomic mass is 10.1. The fraction of sp³-hybridized carbons (Fsp3) is 0.455. The van der Waals surface area contributed by atoms with Crippen LogP contribution in [0, 0.1) is 0 Å². The summed E-state index contributed by atoms with van der Waals surface area (Å²) in [5.74, 6) is 0.808. The molecule has 3 heteroatoms. The van der Waals surface area contributed by atoms with E-state index in [0.717, 1.165) is 11.3 Å². The highest BCUT2D eigenvalue weighted by Crippen LogP contribution is 2.18. The number of methoxy groups -OCH3 is 2. The summed E-state index contributed by atoms with van der Waals surface area (Å²) in [4.78, 5) is 0. The third-order valence-corrected chi connectivity index (χ3v) is 2.01. The second kappa shape index (κ2) is 5.62. The smallest absolute Gasteiger partial charge is 0.122 e. The molecule has 0 fully saturated rings. The van der Waals surface area contributed by atoms with Gasteiger partial charge in [-0.25, -0.2) is 0 Å². The summed E-state index contributed by atoms with van der Waals surface area (Å²) >= 11 is 0. The summed E-state index contributed by atoms with van der Waals surface area (Å²) in [7, 11) is 3.20. The number of rotatable bonds is 5. The van der Waals surface area contributed by atoms with Gasteiger partial charge in [-0.15, -0.1) is 0 Å². The SMILES string of the molecule is COCC(O)Cc1ccccc1OC. The van der Waals surface area contributed by atoms with E-state index in [1.807, 2.05) is 24.3 Å². The molecule has 1 unspecified atom stereocenters. The van der Waals surface area contributed by atoms with Crippen molar-refractivity contribution in [3.8, 4) is 5.75 Å². The Bertz CT molecular complexity index is 273. The molecule has 0 saturated carbocycles. The van der Waals surface area contributed by atoms with Gasteiger partial charge in [0.15, 0.2) is 0 Å². The van der Waals surface area contributed by atoms with Gasteiger partial charge in [-0.3, -0.25) is 0 Å². The molecule has 14 heavy (non-hydrogen) atoms. The van der Waals surface area contributed by atoms with Crippen LogP contribution >= 0.6 is 0 Å². The van der Waals surface area contributed by atoms with Crippen LogP contribution in [0.2, 0.25) is 0 Å². The first kappa shape index (κ1) is 11.0. The fourth-order valence-corrected chi connectivity index (χ4v) is 1.38.